The molecule has 3 atom stereocenters. The minimum atomic E-state index is -0.784. The van der Waals surface area contributed by atoms with Gasteiger partial charge in [-0.2, -0.15) is 0 Å². The second kappa shape index (κ2) is 12.2. The molecule has 0 fully saturated rings. The van der Waals surface area contributed by atoms with Crippen molar-refractivity contribution in [3.05, 3.63) is 101 Å². The fraction of sp³-hybridized carbons (Fsp3) is 0.321. The number of hydrogen-bond donors (Lipinski definition) is 3. The highest BCUT2D eigenvalue weighted by molar-refractivity contribution is 5.78. The van der Waals surface area contributed by atoms with E-state index in [1.807, 2.05) is 92.7 Å². The zero-order valence-corrected chi connectivity index (χ0v) is 19.4. The van der Waals surface area contributed by atoms with Gasteiger partial charge < -0.3 is 20.9 Å². The van der Waals surface area contributed by atoms with Crippen molar-refractivity contribution in [3.63, 3.8) is 0 Å². The van der Waals surface area contributed by atoms with Crippen molar-refractivity contribution < 1.29 is 14.6 Å². The molecule has 0 bridgehead atoms. The molecule has 33 heavy (non-hydrogen) atoms. The molecular formula is C28H34N2O3. The Bertz CT molecular complexity index is 988. The number of carbonyl (C=O) groups excluding carboxylic acids is 1. The average Bonchev–Trinajstić information content (AvgIpc) is 2.79. The lowest BCUT2D eigenvalue weighted by molar-refractivity contribution is -0.124. The highest BCUT2D eigenvalue weighted by Crippen LogP contribution is 2.22. The van der Waals surface area contributed by atoms with E-state index in [1.54, 1.807) is 0 Å². The Morgan fingerprint density at radius 1 is 0.879 bits per heavy atom. The van der Waals surface area contributed by atoms with Crippen LogP contribution >= 0.6 is 0 Å². The Labute approximate surface area is 196 Å². The third-order valence-electron chi connectivity index (χ3n) is 5.75. The summed E-state index contributed by atoms with van der Waals surface area (Å²) < 4.78 is 5.80. The number of nitrogens with one attached hydrogen (secondary N) is 1. The molecule has 0 saturated heterocycles. The number of para-hydroxylation sites is 1. The highest BCUT2D eigenvalue weighted by Gasteiger charge is 2.24. The van der Waals surface area contributed by atoms with Crippen molar-refractivity contribution in [1.82, 2.24) is 5.32 Å². The van der Waals surface area contributed by atoms with Crippen LogP contribution in [0.25, 0.3) is 0 Å². The average molecular weight is 447 g/mol. The molecular weight excluding hydrogens is 412 g/mol. The summed E-state index contributed by atoms with van der Waals surface area (Å²) in [7, 11) is 0. The number of rotatable bonds is 11. The first kappa shape index (κ1) is 24.5. The van der Waals surface area contributed by atoms with E-state index in [0.717, 1.165) is 28.0 Å². The number of amides is 1. The molecule has 0 saturated carbocycles. The second-order valence-corrected chi connectivity index (χ2v) is 8.63. The Kier molecular flexibility index (Phi) is 9.04. The fourth-order valence-corrected chi connectivity index (χ4v) is 4.04. The van der Waals surface area contributed by atoms with Crippen molar-refractivity contribution in [2.45, 2.75) is 51.3 Å². The number of ether oxygens (including phenoxy) is 1. The van der Waals surface area contributed by atoms with Crippen molar-refractivity contribution in [2.75, 3.05) is 6.61 Å². The molecule has 174 valence electrons. The van der Waals surface area contributed by atoms with Gasteiger partial charge in [0.15, 0.2) is 6.61 Å². The van der Waals surface area contributed by atoms with Crippen LogP contribution in [0.4, 0.5) is 0 Å². The van der Waals surface area contributed by atoms with Gasteiger partial charge in [-0.3, -0.25) is 4.79 Å². The fourth-order valence-electron chi connectivity index (χ4n) is 4.04. The minimum Gasteiger partial charge on any atom is -0.483 e. The smallest absolute Gasteiger partial charge is 0.258 e. The molecule has 0 heterocycles. The van der Waals surface area contributed by atoms with E-state index in [-0.39, 0.29) is 18.6 Å². The molecule has 3 unspecified atom stereocenters. The normalized spacial score (nSPS) is 13.7. The number of hydrogen-bond acceptors (Lipinski definition) is 4. The van der Waals surface area contributed by atoms with Gasteiger partial charge in [-0.1, -0.05) is 78.9 Å². The predicted octanol–water partition coefficient (Wildman–Crippen LogP) is 3.73. The summed E-state index contributed by atoms with van der Waals surface area (Å²) in [6, 6.07) is 25.0. The lowest BCUT2D eigenvalue weighted by Crippen LogP contribution is -2.48. The maximum absolute atomic E-state index is 12.7. The molecule has 3 aromatic carbocycles. The summed E-state index contributed by atoms with van der Waals surface area (Å²) in [6.45, 7) is 3.80. The van der Waals surface area contributed by atoms with Crippen LogP contribution in [0.2, 0.25) is 0 Å². The lowest BCUT2D eigenvalue weighted by atomic mass is 9.94. The molecule has 3 rings (SSSR count). The van der Waals surface area contributed by atoms with Crippen LogP contribution in [0, 0.1) is 13.8 Å². The van der Waals surface area contributed by atoms with E-state index in [9.17, 15) is 9.90 Å². The molecule has 3 aromatic rings. The minimum absolute atomic E-state index is 0.111. The van der Waals surface area contributed by atoms with Gasteiger partial charge in [-0.05, 0) is 55.4 Å². The van der Waals surface area contributed by atoms with Crippen LogP contribution in [-0.4, -0.2) is 35.8 Å². The standard InChI is InChI=1S/C28H34N2O3/c1-20-10-9-11-21(2)28(20)33-19-27(32)30-25(17-23-14-7-4-8-15-23)26(31)18-24(29)16-22-12-5-3-6-13-22/h3-15,24-26,31H,16-19,29H2,1-2H3,(H,30,32). The first-order valence-electron chi connectivity index (χ1n) is 11.4. The number of nitrogens with two attached hydrogens (primary N) is 1. The van der Waals surface area contributed by atoms with E-state index < -0.39 is 12.1 Å². The predicted molar refractivity (Wildman–Crippen MR) is 132 cm³/mol. The summed E-state index contributed by atoms with van der Waals surface area (Å²) in [6.07, 6.45) is 0.771. The zero-order chi connectivity index (χ0) is 23.6. The highest BCUT2D eigenvalue weighted by atomic mass is 16.5. The number of aliphatic hydroxyl groups is 1. The molecule has 0 aromatic heterocycles. The van der Waals surface area contributed by atoms with Crippen molar-refractivity contribution in [2.24, 2.45) is 5.73 Å². The summed E-state index contributed by atoms with van der Waals surface area (Å²) in [4.78, 5) is 12.7. The summed E-state index contributed by atoms with van der Waals surface area (Å²) in [5.74, 6) is 0.451. The maximum Gasteiger partial charge on any atom is 0.258 e. The number of benzene rings is 3. The van der Waals surface area contributed by atoms with Crippen LogP contribution in [0.3, 0.4) is 0 Å². The van der Waals surface area contributed by atoms with Crippen LogP contribution in [0.1, 0.15) is 28.7 Å². The topological polar surface area (TPSA) is 84.6 Å². The first-order valence-corrected chi connectivity index (χ1v) is 11.4. The first-order chi connectivity index (χ1) is 15.9. The van der Waals surface area contributed by atoms with Gasteiger partial charge in [0.1, 0.15) is 5.75 Å². The largest absolute Gasteiger partial charge is 0.483 e. The second-order valence-electron chi connectivity index (χ2n) is 8.63. The number of aryl methyl sites for hydroxylation is 2. The van der Waals surface area contributed by atoms with Crippen LogP contribution in [0.5, 0.6) is 5.75 Å². The van der Waals surface area contributed by atoms with Crippen molar-refractivity contribution >= 4 is 5.91 Å². The quantitative estimate of drug-likeness (QED) is 0.419. The molecule has 0 aliphatic rings. The number of carbonyl (C=O) groups is 1. The molecule has 0 aliphatic carbocycles. The Hall–Kier alpha value is -3.15. The van der Waals surface area contributed by atoms with Crippen LogP contribution in [-0.2, 0) is 17.6 Å². The van der Waals surface area contributed by atoms with Gasteiger partial charge in [0, 0.05) is 6.04 Å². The van der Waals surface area contributed by atoms with Gasteiger partial charge in [0.05, 0.1) is 12.1 Å². The van der Waals surface area contributed by atoms with Gasteiger partial charge >= 0.3 is 0 Å². The van der Waals surface area contributed by atoms with Crippen LogP contribution < -0.4 is 15.8 Å². The van der Waals surface area contributed by atoms with Gasteiger partial charge in [0.2, 0.25) is 0 Å². The van der Waals surface area contributed by atoms with Crippen molar-refractivity contribution in [1.29, 1.82) is 0 Å². The summed E-state index contributed by atoms with van der Waals surface area (Å²) >= 11 is 0. The Morgan fingerprint density at radius 3 is 2.00 bits per heavy atom. The summed E-state index contributed by atoms with van der Waals surface area (Å²) in [5, 5.41) is 14.0. The van der Waals surface area contributed by atoms with E-state index in [0.29, 0.717) is 19.3 Å². The molecule has 1 amide bonds. The number of aliphatic hydroxyl groups excluding tert-OH is 1. The molecule has 0 aliphatic heterocycles. The molecule has 4 N–H and O–H groups in total. The third kappa shape index (κ3) is 7.74. The molecule has 0 spiro atoms. The van der Waals surface area contributed by atoms with Gasteiger partial charge in [-0.25, -0.2) is 0 Å². The van der Waals surface area contributed by atoms with Crippen LogP contribution in [0.15, 0.2) is 78.9 Å². The van der Waals surface area contributed by atoms with E-state index in [4.69, 9.17) is 10.5 Å². The zero-order valence-electron chi connectivity index (χ0n) is 19.4. The van der Waals surface area contributed by atoms with E-state index >= 15 is 0 Å². The lowest BCUT2D eigenvalue weighted by Gasteiger charge is -2.27. The van der Waals surface area contributed by atoms with Crippen molar-refractivity contribution in [3.8, 4) is 5.75 Å². The molecule has 0 radical (unpaired) electrons. The Morgan fingerprint density at radius 2 is 1.42 bits per heavy atom. The van der Waals surface area contributed by atoms with Gasteiger partial charge in [0.25, 0.3) is 5.91 Å². The maximum atomic E-state index is 12.7. The third-order valence-corrected chi connectivity index (χ3v) is 5.75. The Balaban J connectivity index is 1.63. The SMILES string of the molecule is Cc1cccc(C)c1OCC(=O)NC(Cc1ccccc1)C(O)CC(N)Cc1ccccc1. The monoisotopic (exact) mass is 446 g/mol. The molecule has 5 nitrogen and oxygen atoms in total. The summed E-state index contributed by atoms with van der Waals surface area (Å²) in [5.41, 5.74) is 10.5. The molecule has 5 heteroatoms. The van der Waals surface area contributed by atoms with Gasteiger partial charge in [-0.15, -0.1) is 0 Å². The van der Waals surface area contributed by atoms with E-state index in [2.05, 4.69) is 5.32 Å². The van der Waals surface area contributed by atoms with E-state index in [1.165, 1.54) is 0 Å².